The van der Waals surface area contributed by atoms with Gasteiger partial charge in [-0.25, -0.2) is 0 Å². The van der Waals surface area contributed by atoms with E-state index in [1.807, 2.05) is 13.0 Å². The van der Waals surface area contributed by atoms with Gasteiger partial charge < -0.3 is 81.6 Å². The van der Waals surface area contributed by atoms with Crippen LogP contribution in [0.5, 0.6) is 0 Å². The van der Waals surface area contributed by atoms with Crippen LogP contribution in [-0.2, 0) is 98.8 Å². The lowest BCUT2D eigenvalue weighted by Gasteiger charge is -2.37. The first-order valence-electron chi connectivity index (χ1n) is 29.9. The molecule has 2 atom stereocenters. The van der Waals surface area contributed by atoms with Crippen LogP contribution in [0, 0.1) is 0 Å². The Bertz CT molecular complexity index is 2510. The number of benzene rings is 2. The van der Waals surface area contributed by atoms with Crippen LogP contribution < -0.4 is 53.2 Å². The molecule has 1 aliphatic rings. The molecule has 1 fully saturated rings. The molecule has 3 rings (SSSR count). The van der Waals surface area contributed by atoms with E-state index in [0.717, 1.165) is 36.8 Å². The van der Waals surface area contributed by atoms with Gasteiger partial charge in [-0.1, -0.05) is 60.7 Å². The molecular weight excluding hydrogens is 1160 g/mol. The van der Waals surface area contributed by atoms with Crippen LogP contribution in [0.1, 0.15) is 76.8 Å². The molecule has 0 spiro atoms. The summed E-state index contributed by atoms with van der Waals surface area (Å²) in [7, 11) is 0. The van der Waals surface area contributed by atoms with Gasteiger partial charge in [0, 0.05) is 63.9 Å². The first-order valence-corrected chi connectivity index (χ1v) is 29.9. The molecule has 10 amide bonds. The third kappa shape index (κ3) is 37.6. The van der Waals surface area contributed by atoms with Gasteiger partial charge in [0.2, 0.25) is 59.1 Å². The molecule has 1 aliphatic carbocycles. The number of amides is 10. The van der Waals surface area contributed by atoms with Gasteiger partial charge in [0.15, 0.2) is 5.78 Å². The minimum atomic E-state index is -1.10. The summed E-state index contributed by atoms with van der Waals surface area (Å²) in [5.41, 5.74) is 1.50. The smallest absolute Gasteiger partial charge is 0.243 e. The first-order chi connectivity index (χ1) is 42.9. The highest BCUT2D eigenvalue weighted by atomic mass is 16.5. The highest BCUT2D eigenvalue weighted by Gasteiger charge is 2.28. The molecule has 494 valence electrons. The van der Waals surface area contributed by atoms with Gasteiger partial charge in [-0.15, -0.1) is 0 Å². The zero-order valence-corrected chi connectivity index (χ0v) is 51.4. The number of hydrogen-bond acceptors (Lipinski definition) is 19. The van der Waals surface area contributed by atoms with E-state index in [1.165, 1.54) is 13.8 Å². The van der Waals surface area contributed by atoms with Crippen LogP contribution in [-0.4, -0.2) is 231 Å². The fraction of sp³-hybridized carbons (Fsp3) is 0.600. The maximum absolute atomic E-state index is 13.0. The third-order valence-corrected chi connectivity index (χ3v) is 13.3. The summed E-state index contributed by atoms with van der Waals surface area (Å²) in [4.78, 5) is 150. The second-order valence-corrected chi connectivity index (χ2v) is 20.7. The molecule has 0 aliphatic heterocycles. The molecule has 0 radical (unpaired) electrons. The number of carbonyl (C=O) groups is 12. The standard InChI is InChI=1S/C60H91N11O18/c1-4-84-24-21-53(76)68-47-15-17-48(18-16-47)71(22-27-87-31-29-85-25-19-51(74)61-36-54(77)63-39-57(80)69-49(59(82)65-35-43(2)72)33-45-11-7-5-8-12-45)23-28-88-32-30-86-26-20-52(75)62-37-55(78)64-40-58(81)70-50(34-46-13-9-6-10-14-46)60(83)66-38-56(79)67-42-89-41-44(3)73/h5-14,47-50H,4,15-42H2,1-3H3,(H,61,74)(H,62,75)(H,63,77)(H,64,78)(H,65,82)(H,66,83)(H,67,79)(H,68,76)(H,69,80)(H,70,81)/t47?,48?,49-,50-/m0/s1. The Morgan fingerprint density at radius 1 is 0.427 bits per heavy atom. The molecule has 29 nitrogen and oxygen atoms in total. The van der Waals surface area contributed by atoms with Crippen molar-refractivity contribution >= 4 is 70.6 Å². The van der Waals surface area contributed by atoms with Gasteiger partial charge in [-0.05, 0) is 57.6 Å². The lowest BCUT2D eigenvalue weighted by atomic mass is 9.90. The number of nitrogens with one attached hydrogen (secondary N) is 10. The van der Waals surface area contributed by atoms with Crippen molar-refractivity contribution in [2.24, 2.45) is 0 Å². The van der Waals surface area contributed by atoms with Gasteiger partial charge in [0.25, 0.3) is 0 Å². The lowest BCUT2D eigenvalue weighted by molar-refractivity contribution is -0.131. The van der Waals surface area contributed by atoms with Crippen LogP contribution >= 0.6 is 0 Å². The van der Waals surface area contributed by atoms with Crippen molar-refractivity contribution in [3.63, 3.8) is 0 Å². The highest BCUT2D eigenvalue weighted by molar-refractivity contribution is 5.94. The quantitative estimate of drug-likeness (QED) is 0.0240. The predicted octanol–water partition coefficient (Wildman–Crippen LogP) is -2.59. The van der Waals surface area contributed by atoms with Gasteiger partial charge in [0.05, 0.1) is 98.7 Å². The summed E-state index contributed by atoms with van der Waals surface area (Å²) in [6, 6.07) is 16.0. The van der Waals surface area contributed by atoms with E-state index >= 15 is 0 Å². The minimum absolute atomic E-state index is 0.0274. The highest BCUT2D eigenvalue weighted by Crippen LogP contribution is 2.23. The number of ketones is 2. The van der Waals surface area contributed by atoms with Crippen LogP contribution in [0.4, 0.5) is 0 Å². The normalized spacial score (nSPS) is 14.2. The Labute approximate surface area is 519 Å². The maximum Gasteiger partial charge on any atom is 0.243 e. The molecule has 0 aromatic heterocycles. The van der Waals surface area contributed by atoms with Crippen LogP contribution in [0.3, 0.4) is 0 Å². The van der Waals surface area contributed by atoms with Gasteiger partial charge in [-0.2, -0.15) is 0 Å². The number of ether oxygens (including phenoxy) is 6. The van der Waals surface area contributed by atoms with E-state index in [9.17, 15) is 57.5 Å². The summed E-state index contributed by atoms with van der Waals surface area (Å²) in [6.45, 7) is 5.70. The molecule has 0 bridgehead atoms. The van der Waals surface area contributed by atoms with Crippen molar-refractivity contribution in [3.8, 4) is 0 Å². The van der Waals surface area contributed by atoms with Crippen molar-refractivity contribution in [1.29, 1.82) is 0 Å². The zero-order chi connectivity index (χ0) is 64.9. The van der Waals surface area contributed by atoms with E-state index < -0.39 is 91.4 Å². The molecule has 0 saturated heterocycles. The average molecular weight is 1250 g/mol. The second kappa shape index (κ2) is 46.3. The summed E-state index contributed by atoms with van der Waals surface area (Å²) >= 11 is 0. The summed E-state index contributed by atoms with van der Waals surface area (Å²) in [6.07, 6.45) is 3.80. The number of hydrogen-bond donors (Lipinski definition) is 10. The van der Waals surface area contributed by atoms with Crippen molar-refractivity contribution in [2.45, 2.75) is 103 Å². The van der Waals surface area contributed by atoms with Crippen molar-refractivity contribution in [3.05, 3.63) is 71.8 Å². The Morgan fingerprint density at radius 3 is 1.29 bits per heavy atom. The molecule has 2 aromatic carbocycles. The van der Waals surface area contributed by atoms with Crippen LogP contribution in [0.2, 0.25) is 0 Å². The molecule has 10 N–H and O–H groups in total. The topological polar surface area (TPSA) is 384 Å². The molecule has 89 heavy (non-hydrogen) atoms. The third-order valence-electron chi connectivity index (χ3n) is 13.3. The van der Waals surface area contributed by atoms with Crippen LogP contribution in [0.15, 0.2) is 60.7 Å². The van der Waals surface area contributed by atoms with Gasteiger partial charge in [0.1, 0.15) is 31.2 Å². The Kier molecular flexibility index (Phi) is 39.3. The Morgan fingerprint density at radius 2 is 0.831 bits per heavy atom. The molecule has 2 aromatic rings. The number of carbonyl (C=O) groups excluding carboxylic acids is 12. The van der Waals surface area contributed by atoms with E-state index in [4.69, 9.17) is 28.4 Å². The predicted molar refractivity (Wildman–Crippen MR) is 322 cm³/mol. The fourth-order valence-electron chi connectivity index (χ4n) is 8.65. The van der Waals surface area contributed by atoms with Crippen molar-refractivity contribution in [2.75, 3.05) is 132 Å². The van der Waals surface area contributed by atoms with Gasteiger partial charge >= 0.3 is 0 Å². The number of rotatable bonds is 48. The van der Waals surface area contributed by atoms with E-state index in [-0.39, 0.29) is 121 Å². The fourth-order valence-corrected chi connectivity index (χ4v) is 8.65. The average Bonchev–Trinajstić information content (AvgIpc) is 3.72. The maximum atomic E-state index is 13.0. The summed E-state index contributed by atoms with van der Waals surface area (Å²) in [5, 5.41) is 25.4. The monoisotopic (exact) mass is 1250 g/mol. The molecular formula is C60H91N11O18. The lowest BCUT2D eigenvalue weighted by Crippen LogP contribution is -2.52. The SMILES string of the molecule is CCOCCC(=O)NC1CCC(N(CCOCCOCCC(=O)NCC(=O)NCC(=O)N[C@@H](Cc2ccccc2)C(=O)NCC(C)=O)CCOCCOCCC(=O)NCC(=O)NCC(=O)N[C@@H](Cc2ccccc2)C(=O)NCC(=O)NCOCC(C)=O)CC1. The van der Waals surface area contributed by atoms with E-state index in [0.29, 0.717) is 45.9 Å². The molecule has 0 heterocycles. The zero-order valence-electron chi connectivity index (χ0n) is 51.4. The summed E-state index contributed by atoms with van der Waals surface area (Å²) < 4.78 is 33.3. The minimum Gasteiger partial charge on any atom is -0.381 e. The Balaban J connectivity index is 1.31. The molecule has 0 unspecified atom stereocenters. The van der Waals surface area contributed by atoms with Crippen LogP contribution in [0.25, 0.3) is 0 Å². The number of Topliss-reactive ketones (excluding diaryl/α,β-unsaturated/α-hetero) is 2. The first kappa shape index (κ1) is 75.4. The number of nitrogens with zero attached hydrogens (tertiary/aromatic N) is 1. The molecule has 29 heteroatoms. The summed E-state index contributed by atoms with van der Waals surface area (Å²) in [5.74, 6) is -5.78. The van der Waals surface area contributed by atoms with E-state index in [1.54, 1.807) is 54.6 Å². The van der Waals surface area contributed by atoms with E-state index in [2.05, 4.69) is 58.1 Å². The van der Waals surface area contributed by atoms with Crippen molar-refractivity contribution < 1.29 is 86.0 Å². The largest absolute Gasteiger partial charge is 0.381 e. The molecule has 1 saturated carbocycles. The second-order valence-electron chi connectivity index (χ2n) is 20.7. The Hall–Kier alpha value is -7.80. The van der Waals surface area contributed by atoms with Gasteiger partial charge in [-0.3, -0.25) is 62.4 Å². The van der Waals surface area contributed by atoms with Crippen molar-refractivity contribution in [1.82, 2.24) is 58.1 Å².